The lowest BCUT2D eigenvalue weighted by molar-refractivity contribution is 0.150. The van der Waals surface area contributed by atoms with Gasteiger partial charge in [-0.1, -0.05) is 17.7 Å². The maximum absolute atomic E-state index is 5.46. The molecule has 1 fully saturated rings. The normalized spacial score (nSPS) is 20.8. The fourth-order valence-corrected chi connectivity index (χ4v) is 2.42. The van der Waals surface area contributed by atoms with Gasteiger partial charge in [0.15, 0.2) is 0 Å². The van der Waals surface area contributed by atoms with E-state index in [4.69, 9.17) is 9.72 Å². The van der Waals surface area contributed by atoms with Crippen LogP contribution >= 0.6 is 0 Å². The molecule has 3 rings (SSSR count). The molecule has 1 atom stereocenters. The molecule has 1 unspecified atom stereocenters. The van der Waals surface area contributed by atoms with E-state index in [1.54, 1.807) is 0 Å². The van der Waals surface area contributed by atoms with E-state index in [0.717, 1.165) is 37.4 Å². The van der Waals surface area contributed by atoms with Gasteiger partial charge in [0.1, 0.15) is 0 Å². The summed E-state index contributed by atoms with van der Waals surface area (Å²) in [5.74, 6) is 0. The first-order chi connectivity index (χ1) is 8.83. The first-order valence-corrected chi connectivity index (χ1v) is 6.51. The predicted octanol–water partition coefficient (Wildman–Crippen LogP) is 2.59. The summed E-state index contributed by atoms with van der Waals surface area (Å²) in [6.45, 7) is 4.62. The van der Waals surface area contributed by atoms with Crippen LogP contribution in [0.5, 0.6) is 0 Å². The molecule has 0 radical (unpaired) electrons. The molecular weight excluding hydrogens is 224 g/mol. The minimum absolute atomic E-state index is 0.318. The van der Waals surface area contributed by atoms with Crippen LogP contribution < -0.4 is 5.32 Å². The number of fused-ring (bicyclic) bond motifs is 1. The van der Waals surface area contributed by atoms with Crippen LogP contribution in [0.4, 0.5) is 0 Å². The van der Waals surface area contributed by atoms with Crippen molar-refractivity contribution >= 4 is 10.9 Å². The number of aromatic nitrogens is 1. The molecule has 1 aliphatic rings. The predicted molar refractivity (Wildman–Crippen MR) is 72.7 cm³/mol. The lowest BCUT2D eigenvalue weighted by Gasteiger charge is -2.15. The minimum atomic E-state index is 0.318. The molecule has 1 aromatic carbocycles. The highest BCUT2D eigenvalue weighted by atomic mass is 16.5. The first-order valence-electron chi connectivity index (χ1n) is 6.51. The van der Waals surface area contributed by atoms with Gasteiger partial charge in [-0.3, -0.25) is 4.98 Å². The average Bonchev–Trinajstić information content (AvgIpc) is 2.67. The second-order valence-corrected chi connectivity index (χ2v) is 4.84. The Morgan fingerprint density at radius 1 is 1.22 bits per heavy atom. The molecule has 3 nitrogen and oxygen atoms in total. The van der Waals surface area contributed by atoms with Gasteiger partial charge in [0.05, 0.1) is 23.9 Å². The van der Waals surface area contributed by atoms with Gasteiger partial charge in [-0.05, 0) is 31.5 Å². The molecule has 0 spiro atoms. The summed E-state index contributed by atoms with van der Waals surface area (Å²) in [5.41, 5.74) is 3.47. The Morgan fingerprint density at radius 3 is 3.11 bits per heavy atom. The van der Waals surface area contributed by atoms with Gasteiger partial charge in [-0.15, -0.1) is 0 Å². The number of nitrogens with zero attached hydrogens (tertiary/aromatic N) is 1. The SMILES string of the molecule is Cc1ccc2nc(C3CCOCCN3)ccc2c1. The van der Waals surface area contributed by atoms with Gasteiger partial charge in [0.25, 0.3) is 0 Å². The van der Waals surface area contributed by atoms with Crippen LogP contribution in [0.15, 0.2) is 30.3 Å². The standard InChI is InChI=1S/C15H18N2O/c1-11-2-4-13-12(10-11)3-5-15(17-13)14-6-8-18-9-7-16-14/h2-5,10,14,16H,6-9H2,1H3. The van der Waals surface area contributed by atoms with Gasteiger partial charge in [-0.25, -0.2) is 0 Å². The smallest absolute Gasteiger partial charge is 0.0706 e. The molecule has 3 heteroatoms. The number of ether oxygens (including phenoxy) is 1. The van der Waals surface area contributed by atoms with E-state index in [2.05, 4.69) is 42.6 Å². The van der Waals surface area contributed by atoms with Crippen molar-refractivity contribution in [1.82, 2.24) is 10.3 Å². The molecule has 1 saturated heterocycles. The summed E-state index contributed by atoms with van der Waals surface area (Å²) in [4.78, 5) is 4.76. The Morgan fingerprint density at radius 2 is 2.17 bits per heavy atom. The summed E-state index contributed by atoms with van der Waals surface area (Å²) in [6, 6.07) is 11.0. The van der Waals surface area contributed by atoms with E-state index in [0.29, 0.717) is 6.04 Å². The summed E-state index contributed by atoms with van der Waals surface area (Å²) in [5, 5.41) is 4.70. The largest absolute Gasteiger partial charge is 0.380 e. The fourth-order valence-electron chi connectivity index (χ4n) is 2.42. The van der Waals surface area contributed by atoms with Gasteiger partial charge in [0.2, 0.25) is 0 Å². The number of nitrogens with one attached hydrogen (secondary N) is 1. The number of rotatable bonds is 1. The number of benzene rings is 1. The van der Waals surface area contributed by atoms with Crippen LogP contribution in [0.25, 0.3) is 10.9 Å². The molecule has 1 aliphatic heterocycles. The van der Waals surface area contributed by atoms with Gasteiger partial charge in [0, 0.05) is 18.5 Å². The molecule has 0 bridgehead atoms. The van der Waals surface area contributed by atoms with Gasteiger partial charge < -0.3 is 10.1 Å². The molecule has 2 aromatic rings. The van der Waals surface area contributed by atoms with Crippen molar-refractivity contribution in [1.29, 1.82) is 0 Å². The van der Waals surface area contributed by atoms with Crippen LogP contribution in [0.3, 0.4) is 0 Å². The Bertz CT molecular complexity index is 545. The van der Waals surface area contributed by atoms with Gasteiger partial charge >= 0.3 is 0 Å². The van der Waals surface area contributed by atoms with E-state index >= 15 is 0 Å². The van der Waals surface area contributed by atoms with Crippen LogP contribution in [0.2, 0.25) is 0 Å². The summed E-state index contributed by atoms with van der Waals surface area (Å²) >= 11 is 0. The van der Waals surface area contributed by atoms with Gasteiger partial charge in [-0.2, -0.15) is 0 Å². The number of aryl methyl sites for hydroxylation is 1. The first kappa shape index (κ1) is 11.6. The van der Waals surface area contributed by atoms with Crippen LogP contribution in [0, 0.1) is 6.92 Å². The zero-order chi connectivity index (χ0) is 12.4. The molecule has 1 aromatic heterocycles. The quantitative estimate of drug-likeness (QED) is 0.834. The molecule has 0 amide bonds. The highest BCUT2D eigenvalue weighted by Gasteiger charge is 2.15. The van der Waals surface area contributed by atoms with Crippen LogP contribution in [-0.4, -0.2) is 24.7 Å². The zero-order valence-electron chi connectivity index (χ0n) is 10.6. The molecule has 1 N–H and O–H groups in total. The summed E-state index contributed by atoms with van der Waals surface area (Å²) in [7, 11) is 0. The van der Waals surface area contributed by atoms with E-state index in [1.807, 2.05) is 0 Å². The molecule has 2 heterocycles. The third-order valence-corrected chi connectivity index (χ3v) is 3.41. The second-order valence-electron chi connectivity index (χ2n) is 4.84. The molecule has 0 aliphatic carbocycles. The minimum Gasteiger partial charge on any atom is -0.380 e. The van der Waals surface area contributed by atoms with E-state index in [1.165, 1.54) is 10.9 Å². The van der Waals surface area contributed by atoms with E-state index < -0.39 is 0 Å². The van der Waals surface area contributed by atoms with Crippen molar-refractivity contribution in [3.05, 3.63) is 41.6 Å². The monoisotopic (exact) mass is 242 g/mol. The van der Waals surface area contributed by atoms with E-state index in [9.17, 15) is 0 Å². The zero-order valence-corrected chi connectivity index (χ0v) is 10.6. The maximum atomic E-state index is 5.46. The maximum Gasteiger partial charge on any atom is 0.0706 e. The Balaban J connectivity index is 1.94. The Labute approximate surface area is 107 Å². The van der Waals surface area contributed by atoms with Crippen molar-refractivity contribution in [2.24, 2.45) is 0 Å². The Kier molecular flexibility index (Phi) is 3.26. The van der Waals surface area contributed by atoms with Crippen molar-refractivity contribution in [3.63, 3.8) is 0 Å². The number of pyridine rings is 1. The van der Waals surface area contributed by atoms with Crippen LogP contribution in [0.1, 0.15) is 23.7 Å². The molecule has 94 valence electrons. The third-order valence-electron chi connectivity index (χ3n) is 3.41. The van der Waals surface area contributed by atoms with Crippen molar-refractivity contribution in [3.8, 4) is 0 Å². The molecule has 18 heavy (non-hydrogen) atoms. The number of hydrogen-bond acceptors (Lipinski definition) is 3. The lowest BCUT2D eigenvalue weighted by Crippen LogP contribution is -2.22. The highest BCUT2D eigenvalue weighted by molar-refractivity contribution is 5.79. The van der Waals surface area contributed by atoms with E-state index in [-0.39, 0.29) is 0 Å². The summed E-state index contributed by atoms with van der Waals surface area (Å²) < 4.78 is 5.46. The topological polar surface area (TPSA) is 34.1 Å². The fraction of sp³-hybridized carbons (Fsp3) is 0.400. The molecular formula is C15H18N2O. The van der Waals surface area contributed by atoms with Crippen molar-refractivity contribution in [2.45, 2.75) is 19.4 Å². The summed E-state index contributed by atoms with van der Waals surface area (Å²) in [6.07, 6.45) is 0.990. The lowest BCUT2D eigenvalue weighted by atomic mass is 10.1. The highest BCUT2D eigenvalue weighted by Crippen LogP contribution is 2.20. The van der Waals surface area contributed by atoms with Crippen molar-refractivity contribution in [2.75, 3.05) is 19.8 Å². The number of hydrogen-bond donors (Lipinski definition) is 1. The van der Waals surface area contributed by atoms with Crippen molar-refractivity contribution < 1.29 is 4.74 Å². The third kappa shape index (κ3) is 2.37. The van der Waals surface area contributed by atoms with Crippen LogP contribution in [-0.2, 0) is 4.74 Å². The Hall–Kier alpha value is -1.45. The molecule has 0 saturated carbocycles. The average molecular weight is 242 g/mol. The second kappa shape index (κ2) is 5.04.